The van der Waals surface area contributed by atoms with Crippen molar-refractivity contribution in [3.63, 3.8) is 0 Å². The first-order valence-corrected chi connectivity index (χ1v) is 4.95. The van der Waals surface area contributed by atoms with Gasteiger partial charge >= 0.3 is 0 Å². The maximum atomic E-state index is 5.72. The van der Waals surface area contributed by atoms with Gasteiger partial charge in [-0.1, -0.05) is 12.2 Å². The van der Waals surface area contributed by atoms with Gasteiger partial charge in [-0.15, -0.1) is 0 Å². The molecule has 1 heterocycles. The van der Waals surface area contributed by atoms with E-state index >= 15 is 0 Å². The molecule has 0 amide bonds. The van der Waals surface area contributed by atoms with Gasteiger partial charge in [-0.2, -0.15) is 0 Å². The van der Waals surface area contributed by atoms with E-state index in [2.05, 4.69) is 18.2 Å². The molecule has 2 saturated carbocycles. The minimum absolute atomic E-state index is 0.139. The second-order valence-corrected chi connectivity index (χ2v) is 4.53. The average molecular weight is 176 g/mol. The lowest BCUT2D eigenvalue weighted by atomic mass is 9.95. The highest BCUT2D eigenvalue weighted by molar-refractivity contribution is 5.42. The molecule has 13 heavy (non-hydrogen) atoms. The highest BCUT2D eigenvalue weighted by atomic mass is 16.5. The van der Waals surface area contributed by atoms with E-state index in [9.17, 15) is 0 Å². The largest absolute Gasteiger partial charge is 0.497 e. The van der Waals surface area contributed by atoms with E-state index in [4.69, 9.17) is 9.47 Å². The van der Waals surface area contributed by atoms with E-state index in [0.29, 0.717) is 29.8 Å². The van der Waals surface area contributed by atoms with E-state index in [1.54, 1.807) is 0 Å². The van der Waals surface area contributed by atoms with Crippen molar-refractivity contribution in [1.29, 1.82) is 0 Å². The molecule has 4 aliphatic rings. The zero-order valence-electron chi connectivity index (χ0n) is 7.51. The molecular weight excluding hydrogens is 164 g/mol. The van der Waals surface area contributed by atoms with Crippen LogP contribution in [0.1, 0.15) is 0 Å². The van der Waals surface area contributed by atoms with Crippen LogP contribution < -0.4 is 0 Å². The normalized spacial score (nSPS) is 63.6. The molecule has 3 aliphatic carbocycles. The summed E-state index contributed by atoms with van der Waals surface area (Å²) in [5.41, 5.74) is 0.139. The van der Waals surface area contributed by atoms with Gasteiger partial charge in [0.1, 0.15) is 6.10 Å². The second-order valence-electron chi connectivity index (χ2n) is 4.53. The molecular formula is C11H12O2. The second kappa shape index (κ2) is 1.71. The van der Waals surface area contributed by atoms with Gasteiger partial charge in [0.05, 0.1) is 11.9 Å². The van der Waals surface area contributed by atoms with Crippen molar-refractivity contribution in [2.45, 2.75) is 11.7 Å². The summed E-state index contributed by atoms with van der Waals surface area (Å²) in [4.78, 5) is 0. The number of ether oxygens (including phenoxy) is 2. The van der Waals surface area contributed by atoms with E-state index in [-0.39, 0.29) is 5.60 Å². The molecule has 6 atom stereocenters. The molecule has 4 rings (SSSR count). The molecule has 0 N–H and O–H groups in total. The van der Waals surface area contributed by atoms with Gasteiger partial charge in [0.25, 0.3) is 0 Å². The summed E-state index contributed by atoms with van der Waals surface area (Å²) in [5.74, 6) is 2.50. The Balaban J connectivity index is 1.85. The van der Waals surface area contributed by atoms with Gasteiger partial charge < -0.3 is 9.47 Å². The third kappa shape index (κ3) is 0.469. The summed E-state index contributed by atoms with van der Waals surface area (Å²) >= 11 is 0. The SMILES string of the molecule is CO[C@]12C3C=CC1[C@@H]1OC=C[C@@H]1C32. The highest BCUT2D eigenvalue weighted by Crippen LogP contribution is 2.73. The van der Waals surface area contributed by atoms with Crippen LogP contribution in [0.4, 0.5) is 0 Å². The molecule has 2 fully saturated rings. The summed E-state index contributed by atoms with van der Waals surface area (Å²) < 4.78 is 11.3. The Hall–Kier alpha value is -0.760. The minimum Gasteiger partial charge on any atom is -0.497 e. The van der Waals surface area contributed by atoms with Crippen molar-refractivity contribution in [2.75, 3.05) is 7.11 Å². The molecule has 0 aromatic carbocycles. The van der Waals surface area contributed by atoms with E-state index < -0.39 is 0 Å². The maximum Gasteiger partial charge on any atom is 0.114 e. The van der Waals surface area contributed by atoms with Crippen LogP contribution in [0, 0.1) is 23.7 Å². The molecule has 0 saturated heterocycles. The van der Waals surface area contributed by atoms with Crippen LogP contribution in [0.25, 0.3) is 0 Å². The van der Waals surface area contributed by atoms with Gasteiger partial charge in [0.2, 0.25) is 0 Å². The lowest BCUT2D eigenvalue weighted by Gasteiger charge is -2.22. The fourth-order valence-electron chi connectivity index (χ4n) is 3.93. The fourth-order valence-corrected chi connectivity index (χ4v) is 3.93. The predicted molar refractivity (Wildman–Crippen MR) is 46.9 cm³/mol. The van der Waals surface area contributed by atoms with Crippen LogP contribution in [0.15, 0.2) is 24.5 Å². The van der Waals surface area contributed by atoms with Gasteiger partial charge in [0, 0.05) is 30.8 Å². The average Bonchev–Trinajstić information content (AvgIpc) is 2.56. The Morgan fingerprint density at radius 3 is 2.92 bits per heavy atom. The van der Waals surface area contributed by atoms with Crippen LogP contribution in [0.3, 0.4) is 0 Å². The van der Waals surface area contributed by atoms with Crippen LogP contribution >= 0.6 is 0 Å². The number of hydrogen-bond acceptors (Lipinski definition) is 2. The quantitative estimate of drug-likeness (QED) is 0.561. The van der Waals surface area contributed by atoms with Crippen molar-refractivity contribution in [3.05, 3.63) is 24.5 Å². The molecule has 2 heteroatoms. The summed E-state index contributed by atoms with van der Waals surface area (Å²) in [6.45, 7) is 0. The third-order valence-corrected chi connectivity index (χ3v) is 4.40. The Kier molecular flexibility index (Phi) is 0.877. The van der Waals surface area contributed by atoms with Crippen molar-refractivity contribution < 1.29 is 9.47 Å². The molecule has 1 aliphatic heterocycles. The first kappa shape index (κ1) is 6.66. The zero-order chi connectivity index (χ0) is 8.63. The molecule has 0 radical (unpaired) electrons. The van der Waals surface area contributed by atoms with Crippen molar-refractivity contribution in [2.24, 2.45) is 23.7 Å². The minimum atomic E-state index is 0.139. The standard InChI is InChI=1S/C11H12O2/c1-12-11-7-2-3-8(11)10-6(9(7)11)4-5-13-10/h2-10H,1H3/t6-,7?,8?,9?,10-,11-/m1/s1. The Morgan fingerprint density at radius 2 is 2.08 bits per heavy atom. The number of methoxy groups -OCH3 is 1. The molecule has 0 aromatic rings. The molecule has 2 nitrogen and oxygen atoms in total. The number of fused-ring (bicyclic) bond motifs is 4. The van der Waals surface area contributed by atoms with Crippen LogP contribution in [-0.2, 0) is 9.47 Å². The van der Waals surface area contributed by atoms with Crippen molar-refractivity contribution >= 4 is 0 Å². The predicted octanol–water partition coefficient (Wildman–Crippen LogP) is 1.35. The lowest BCUT2D eigenvalue weighted by molar-refractivity contribution is 0.00956. The first-order valence-electron chi connectivity index (χ1n) is 4.95. The van der Waals surface area contributed by atoms with Gasteiger partial charge in [-0.3, -0.25) is 0 Å². The van der Waals surface area contributed by atoms with E-state index in [1.165, 1.54) is 0 Å². The number of hydrogen-bond donors (Lipinski definition) is 0. The molecule has 0 spiro atoms. The third-order valence-electron chi connectivity index (χ3n) is 4.40. The van der Waals surface area contributed by atoms with Crippen molar-refractivity contribution in [1.82, 2.24) is 0 Å². The summed E-state index contributed by atoms with van der Waals surface area (Å²) in [5, 5.41) is 0. The highest BCUT2D eigenvalue weighted by Gasteiger charge is 2.80. The molecule has 0 aromatic heterocycles. The monoisotopic (exact) mass is 176 g/mol. The summed E-state index contributed by atoms with van der Waals surface area (Å²) in [6.07, 6.45) is 9.09. The van der Waals surface area contributed by atoms with Crippen molar-refractivity contribution in [3.8, 4) is 0 Å². The van der Waals surface area contributed by atoms with E-state index in [1.807, 2.05) is 13.4 Å². The topological polar surface area (TPSA) is 18.5 Å². The van der Waals surface area contributed by atoms with Gasteiger partial charge in [-0.25, -0.2) is 0 Å². The number of rotatable bonds is 1. The molecule has 68 valence electrons. The summed E-state index contributed by atoms with van der Waals surface area (Å²) in [7, 11) is 1.84. The van der Waals surface area contributed by atoms with Crippen LogP contribution in [0.5, 0.6) is 0 Å². The van der Waals surface area contributed by atoms with Gasteiger partial charge in [0.15, 0.2) is 0 Å². The fraction of sp³-hybridized carbons (Fsp3) is 0.636. The molecule has 0 bridgehead atoms. The van der Waals surface area contributed by atoms with Crippen LogP contribution in [-0.4, -0.2) is 18.8 Å². The Bertz CT molecular complexity index is 333. The lowest BCUT2D eigenvalue weighted by Crippen LogP contribution is -2.29. The van der Waals surface area contributed by atoms with Crippen LogP contribution in [0.2, 0.25) is 0 Å². The summed E-state index contributed by atoms with van der Waals surface area (Å²) in [6, 6.07) is 0. The first-order chi connectivity index (χ1) is 6.39. The van der Waals surface area contributed by atoms with Gasteiger partial charge in [-0.05, 0) is 6.08 Å². The Labute approximate surface area is 77.2 Å². The molecule has 3 unspecified atom stereocenters. The Morgan fingerprint density at radius 1 is 1.23 bits per heavy atom. The zero-order valence-corrected chi connectivity index (χ0v) is 7.51. The van der Waals surface area contributed by atoms with E-state index in [0.717, 1.165) is 0 Å². The smallest absolute Gasteiger partial charge is 0.114 e. The maximum absolute atomic E-state index is 5.72.